The number of nitrogens with one attached hydrogen (secondary N) is 1. The highest BCUT2D eigenvalue weighted by atomic mass is 79.9. The lowest BCUT2D eigenvalue weighted by Gasteiger charge is -2.33. The molecule has 1 fully saturated rings. The molecule has 5 nitrogen and oxygen atoms in total. The number of rotatable bonds is 5. The number of methoxy groups -OCH3 is 1. The van der Waals surface area contributed by atoms with E-state index in [1.807, 2.05) is 0 Å². The Balaban J connectivity index is 2.15. The van der Waals surface area contributed by atoms with Gasteiger partial charge in [0.1, 0.15) is 0 Å². The normalized spacial score (nSPS) is 19.1. The topological polar surface area (TPSA) is 50.3 Å². The van der Waals surface area contributed by atoms with Crippen LogP contribution in [0.3, 0.4) is 0 Å². The Labute approximate surface area is 129 Å². The number of nitrogens with zero attached hydrogens (tertiary/aromatic N) is 3. The first-order valence-corrected chi connectivity index (χ1v) is 7.97. The van der Waals surface area contributed by atoms with E-state index >= 15 is 0 Å². The van der Waals surface area contributed by atoms with Gasteiger partial charge in [-0.15, -0.1) is 0 Å². The maximum absolute atomic E-state index is 5.27. The van der Waals surface area contributed by atoms with E-state index in [9.17, 15) is 0 Å². The molecule has 112 valence electrons. The van der Waals surface area contributed by atoms with E-state index in [4.69, 9.17) is 4.74 Å². The Morgan fingerprint density at radius 2 is 2.30 bits per heavy atom. The molecule has 1 saturated heterocycles. The highest BCUT2D eigenvalue weighted by molar-refractivity contribution is 9.10. The van der Waals surface area contributed by atoms with E-state index < -0.39 is 0 Å². The molecule has 1 aromatic rings. The number of ether oxygens (including phenoxy) is 1. The Kier molecular flexibility index (Phi) is 5.60. The summed E-state index contributed by atoms with van der Waals surface area (Å²) in [6.45, 7) is 6.38. The SMILES string of the molecule is COc1nc(N(CC2CCCCN2)C(C)C)ncc1Br. The van der Waals surface area contributed by atoms with Crippen LogP contribution in [-0.4, -0.2) is 42.3 Å². The number of aromatic nitrogens is 2. The summed E-state index contributed by atoms with van der Waals surface area (Å²) in [5.74, 6) is 1.31. The first-order valence-electron chi connectivity index (χ1n) is 7.18. The molecule has 0 bridgehead atoms. The quantitative estimate of drug-likeness (QED) is 0.891. The fraction of sp³-hybridized carbons (Fsp3) is 0.714. The van der Waals surface area contributed by atoms with E-state index in [2.05, 4.69) is 50.0 Å². The van der Waals surface area contributed by atoms with Crippen LogP contribution in [0.25, 0.3) is 0 Å². The van der Waals surface area contributed by atoms with Gasteiger partial charge in [-0.1, -0.05) is 6.42 Å². The van der Waals surface area contributed by atoms with Crippen LogP contribution in [0.2, 0.25) is 0 Å². The molecular weight excluding hydrogens is 320 g/mol. The van der Waals surface area contributed by atoms with Gasteiger partial charge in [0.25, 0.3) is 0 Å². The van der Waals surface area contributed by atoms with E-state index in [-0.39, 0.29) is 0 Å². The molecule has 0 amide bonds. The number of piperidine rings is 1. The van der Waals surface area contributed by atoms with Gasteiger partial charge >= 0.3 is 0 Å². The molecule has 1 N–H and O–H groups in total. The summed E-state index contributed by atoms with van der Waals surface area (Å²) >= 11 is 3.39. The largest absolute Gasteiger partial charge is 0.480 e. The first kappa shape index (κ1) is 15.5. The molecule has 0 aliphatic carbocycles. The molecule has 0 aromatic carbocycles. The second-order valence-corrected chi connectivity index (χ2v) is 6.27. The molecule has 1 aliphatic rings. The van der Waals surface area contributed by atoms with E-state index in [0.717, 1.165) is 23.5 Å². The lowest BCUT2D eigenvalue weighted by atomic mass is 10.0. The Hall–Kier alpha value is -0.880. The Morgan fingerprint density at radius 1 is 1.50 bits per heavy atom. The zero-order valence-electron chi connectivity index (χ0n) is 12.4. The molecule has 1 atom stereocenters. The summed E-state index contributed by atoms with van der Waals surface area (Å²) in [4.78, 5) is 11.2. The van der Waals surface area contributed by atoms with Crippen molar-refractivity contribution in [2.45, 2.75) is 45.2 Å². The fourth-order valence-corrected chi connectivity index (χ4v) is 2.82. The van der Waals surface area contributed by atoms with Crippen LogP contribution in [0.5, 0.6) is 5.88 Å². The van der Waals surface area contributed by atoms with Crippen molar-refractivity contribution >= 4 is 21.9 Å². The average Bonchev–Trinajstić information content (AvgIpc) is 2.46. The van der Waals surface area contributed by atoms with Gasteiger partial charge in [0.05, 0.1) is 17.8 Å². The highest BCUT2D eigenvalue weighted by Gasteiger charge is 2.21. The third-order valence-corrected chi connectivity index (χ3v) is 4.15. The Bertz CT molecular complexity index is 435. The van der Waals surface area contributed by atoms with Gasteiger partial charge in [-0.3, -0.25) is 0 Å². The van der Waals surface area contributed by atoms with Crippen molar-refractivity contribution in [2.75, 3.05) is 25.1 Å². The molecule has 20 heavy (non-hydrogen) atoms. The van der Waals surface area contributed by atoms with E-state index in [1.165, 1.54) is 19.3 Å². The van der Waals surface area contributed by atoms with Crippen LogP contribution in [0.4, 0.5) is 5.95 Å². The standard InChI is InChI=1S/C14H23BrN4O/c1-10(2)19(9-11-6-4-5-7-16-11)14-17-8-12(15)13(18-14)20-3/h8,10-11,16H,4-7,9H2,1-3H3. The number of anilines is 1. The van der Waals surface area contributed by atoms with Gasteiger partial charge < -0.3 is 15.0 Å². The van der Waals surface area contributed by atoms with Gasteiger partial charge in [0, 0.05) is 18.6 Å². The molecule has 2 heterocycles. The molecule has 6 heteroatoms. The van der Waals surface area contributed by atoms with Crippen LogP contribution in [-0.2, 0) is 0 Å². The molecule has 0 spiro atoms. The van der Waals surface area contributed by atoms with E-state index in [1.54, 1.807) is 13.3 Å². The summed E-state index contributed by atoms with van der Waals surface area (Å²) in [7, 11) is 1.62. The minimum absolute atomic E-state index is 0.351. The van der Waals surface area contributed by atoms with Crippen LogP contribution in [0.15, 0.2) is 10.7 Å². The molecular formula is C14H23BrN4O. The first-order chi connectivity index (χ1) is 9.61. The van der Waals surface area contributed by atoms with Crippen LogP contribution >= 0.6 is 15.9 Å². The molecule has 1 aliphatic heterocycles. The van der Waals surface area contributed by atoms with Crippen molar-refractivity contribution in [3.8, 4) is 5.88 Å². The summed E-state index contributed by atoms with van der Waals surface area (Å²) in [6.07, 6.45) is 5.55. The number of hydrogen-bond acceptors (Lipinski definition) is 5. The summed E-state index contributed by atoms with van der Waals surface area (Å²) in [5, 5.41) is 3.58. The zero-order valence-corrected chi connectivity index (χ0v) is 14.0. The monoisotopic (exact) mass is 342 g/mol. The lowest BCUT2D eigenvalue weighted by molar-refractivity contribution is 0.383. The smallest absolute Gasteiger partial charge is 0.232 e. The molecule has 1 aromatic heterocycles. The van der Waals surface area contributed by atoms with Crippen molar-refractivity contribution in [1.29, 1.82) is 0 Å². The van der Waals surface area contributed by atoms with Crippen molar-refractivity contribution in [2.24, 2.45) is 0 Å². The second-order valence-electron chi connectivity index (χ2n) is 5.42. The molecule has 1 unspecified atom stereocenters. The summed E-state index contributed by atoms with van der Waals surface area (Å²) < 4.78 is 6.05. The number of halogens is 1. The van der Waals surface area contributed by atoms with Gasteiger partial charge in [0.15, 0.2) is 0 Å². The van der Waals surface area contributed by atoms with Gasteiger partial charge in [-0.25, -0.2) is 4.98 Å². The lowest BCUT2D eigenvalue weighted by Crippen LogP contribution is -2.46. The van der Waals surface area contributed by atoms with Crippen LogP contribution in [0.1, 0.15) is 33.1 Å². The number of hydrogen-bond donors (Lipinski definition) is 1. The third kappa shape index (κ3) is 3.82. The average molecular weight is 343 g/mol. The maximum atomic E-state index is 5.27. The van der Waals surface area contributed by atoms with Gasteiger partial charge in [-0.2, -0.15) is 4.98 Å². The van der Waals surface area contributed by atoms with Crippen molar-refractivity contribution < 1.29 is 4.74 Å². The minimum Gasteiger partial charge on any atom is -0.480 e. The van der Waals surface area contributed by atoms with Gasteiger partial charge in [-0.05, 0) is 49.2 Å². The minimum atomic E-state index is 0.351. The second kappa shape index (κ2) is 7.22. The third-order valence-electron chi connectivity index (χ3n) is 3.60. The fourth-order valence-electron chi connectivity index (χ4n) is 2.46. The predicted molar refractivity (Wildman–Crippen MR) is 84.4 cm³/mol. The van der Waals surface area contributed by atoms with Crippen LogP contribution in [0, 0.1) is 0 Å². The molecule has 2 rings (SSSR count). The maximum Gasteiger partial charge on any atom is 0.232 e. The van der Waals surface area contributed by atoms with E-state index in [0.29, 0.717) is 18.0 Å². The Morgan fingerprint density at radius 3 is 2.90 bits per heavy atom. The summed E-state index contributed by atoms with van der Waals surface area (Å²) in [6, 6.07) is 0.869. The van der Waals surface area contributed by atoms with Crippen molar-refractivity contribution in [3.63, 3.8) is 0 Å². The van der Waals surface area contributed by atoms with Crippen LogP contribution < -0.4 is 15.0 Å². The zero-order chi connectivity index (χ0) is 14.5. The predicted octanol–water partition coefficient (Wildman–Crippen LogP) is 2.60. The highest BCUT2D eigenvalue weighted by Crippen LogP contribution is 2.24. The summed E-state index contributed by atoms with van der Waals surface area (Å²) in [5.41, 5.74) is 0. The van der Waals surface area contributed by atoms with Crippen molar-refractivity contribution in [3.05, 3.63) is 10.7 Å². The van der Waals surface area contributed by atoms with Gasteiger partial charge in [0.2, 0.25) is 11.8 Å². The van der Waals surface area contributed by atoms with Crippen molar-refractivity contribution in [1.82, 2.24) is 15.3 Å². The molecule has 0 saturated carbocycles. The molecule has 0 radical (unpaired) electrons.